The highest BCUT2D eigenvalue weighted by Crippen LogP contribution is 1.76. The average Bonchev–Trinajstić information content (AvgIpc) is 2.08. The number of rotatable bonds is 4. The van der Waals surface area contributed by atoms with Gasteiger partial charge in [0.2, 0.25) is 0 Å². The lowest BCUT2D eigenvalue weighted by atomic mass is 10.4. The number of aliphatic hydroxyl groups excluding tert-OH is 1. The number of aliphatic imine (C=N–C) groups is 1. The van der Waals surface area contributed by atoms with E-state index in [0.717, 1.165) is 6.42 Å². The predicted octanol–water partition coefficient (Wildman–Crippen LogP) is -0.513. The highest BCUT2D eigenvalue weighted by atomic mass is 16.3. The number of hydrogen-bond donors (Lipinski definition) is 3. The van der Waals surface area contributed by atoms with Crippen molar-refractivity contribution < 1.29 is 5.11 Å². The van der Waals surface area contributed by atoms with Gasteiger partial charge in [-0.3, -0.25) is 4.99 Å². The van der Waals surface area contributed by atoms with E-state index in [0.29, 0.717) is 13.1 Å². The molecule has 0 spiro atoms. The van der Waals surface area contributed by atoms with Crippen LogP contribution in [0.15, 0.2) is 18.2 Å². The molecular weight excluding hydrogens is 142 g/mol. The van der Waals surface area contributed by atoms with Crippen LogP contribution in [0.4, 0.5) is 0 Å². The normalized spacial score (nSPS) is 10.2. The van der Waals surface area contributed by atoms with Gasteiger partial charge in [0.05, 0.1) is 0 Å². The van der Waals surface area contributed by atoms with E-state index in [2.05, 4.69) is 18.2 Å². The lowest BCUT2D eigenvalue weighted by Gasteiger charge is -1.93. The van der Waals surface area contributed by atoms with E-state index in [1.807, 2.05) is 0 Å². The standard InChI is InChI=1S/C5H13N3O.C2H4/c6-2-1-3-8-5(7)4-9;1-2/h9H,1-4,6H2,(H2,7,8);1-2H2. The van der Waals surface area contributed by atoms with E-state index in [1.54, 1.807) is 0 Å². The lowest BCUT2D eigenvalue weighted by molar-refractivity contribution is 0.355. The van der Waals surface area contributed by atoms with Gasteiger partial charge >= 0.3 is 0 Å². The van der Waals surface area contributed by atoms with Crippen molar-refractivity contribution in [3.8, 4) is 0 Å². The van der Waals surface area contributed by atoms with Gasteiger partial charge in [0.1, 0.15) is 12.4 Å². The Morgan fingerprint density at radius 2 is 2.00 bits per heavy atom. The molecule has 0 unspecified atom stereocenters. The summed E-state index contributed by atoms with van der Waals surface area (Å²) in [5.74, 6) is 0.281. The van der Waals surface area contributed by atoms with Crippen LogP contribution in [0.5, 0.6) is 0 Å². The molecule has 5 N–H and O–H groups in total. The first kappa shape index (κ1) is 12.8. The number of nitrogens with two attached hydrogens (primary N) is 2. The van der Waals surface area contributed by atoms with Crippen LogP contribution in [0, 0.1) is 0 Å². The SMILES string of the molecule is C=C.NCCCN=C(N)CO. The van der Waals surface area contributed by atoms with E-state index in [9.17, 15) is 0 Å². The van der Waals surface area contributed by atoms with Crippen molar-refractivity contribution >= 4 is 5.84 Å². The molecule has 0 bridgehead atoms. The predicted molar refractivity (Wildman–Crippen MR) is 48.5 cm³/mol. The summed E-state index contributed by atoms with van der Waals surface area (Å²) in [6, 6.07) is 0. The first-order valence-corrected chi connectivity index (χ1v) is 3.41. The fraction of sp³-hybridized carbons (Fsp3) is 0.571. The van der Waals surface area contributed by atoms with Gasteiger partial charge < -0.3 is 16.6 Å². The topological polar surface area (TPSA) is 84.6 Å². The summed E-state index contributed by atoms with van der Waals surface area (Å²) >= 11 is 0. The van der Waals surface area contributed by atoms with E-state index in [4.69, 9.17) is 16.6 Å². The Hall–Kier alpha value is -0.870. The number of hydrogen-bond acceptors (Lipinski definition) is 3. The van der Waals surface area contributed by atoms with Crippen LogP contribution in [0.25, 0.3) is 0 Å². The van der Waals surface area contributed by atoms with Gasteiger partial charge in [0.25, 0.3) is 0 Å². The molecule has 0 aromatic heterocycles. The van der Waals surface area contributed by atoms with Crippen molar-refractivity contribution in [3.05, 3.63) is 13.2 Å². The maximum atomic E-state index is 8.35. The third-order valence-corrected chi connectivity index (χ3v) is 0.839. The molecule has 66 valence electrons. The Labute approximate surface area is 67.6 Å². The maximum Gasteiger partial charge on any atom is 0.120 e. The zero-order valence-electron chi connectivity index (χ0n) is 6.79. The molecule has 0 aliphatic heterocycles. The van der Waals surface area contributed by atoms with Gasteiger partial charge in [-0.2, -0.15) is 0 Å². The molecular formula is C7H17N3O. The summed E-state index contributed by atoms with van der Waals surface area (Å²) in [4.78, 5) is 3.80. The van der Waals surface area contributed by atoms with E-state index in [1.165, 1.54) is 0 Å². The molecule has 0 saturated carbocycles. The largest absolute Gasteiger partial charge is 0.388 e. The van der Waals surface area contributed by atoms with Crippen LogP contribution in [-0.2, 0) is 0 Å². The van der Waals surface area contributed by atoms with Gasteiger partial charge in [0, 0.05) is 6.54 Å². The zero-order valence-corrected chi connectivity index (χ0v) is 6.79. The molecule has 0 amide bonds. The van der Waals surface area contributed by atoms with Crippen molar-refractivity contribution in [1.82, 2.24) is 0 Å². The zero-order chi connectivity index (χ0) is 9.11. The fourth-order valence-corrected chi connectivity index (χ4v) is 0.364. The molecule has 4 nitrogen and oxygen atoms in total. The Morgan fingerprint density at radius 1 is 1.45 bits per heavy atom. The van der Waals surface area contributed by atoms with E-state index in [-0.39, 0.29) is 12.4 Å². The molecule has 11 heavy (non-hydrogen) atoms. The van der Waals surface area contributed by atoms with Crippen LogP contribution in [0.2, 0.25) is 0 Å². The van der Waals surface area contributed by atoms with E-state index >= 15 is 0 Å². The summed E-state index contributed by atoms with van der Waals surface area (Å²) in [6.45, 7) is 7.07. The Balaban J connectivity index is 0. The van der Waals surface area contributed by atoms with Crippen molar-refractivity contribution in [2.24, 2.45) is 16.5 Å². The van der Waals surface area contributed by atoms with Crippen molar-refractivity contribution in [2.75, 3.05) is 19.7 Å². The van der Waals surface area contributed by atoms with Gasteiger partial charge in [-0.15, -0.1) is 13.2 Å². The monoisotopic (exact) mass is 159 g/mol. The van der Waals surface area contributed by atoms with Crippen molar-refractivity contribution in [2.45, 2.75) is 6.42 Å². The molecule has 0 radical (unpaired) electrons. The molecule has 4 heteroatoms. The minimum Gasteiger partial charge on any atom is -0.388 e. The van der Waals surface area contributed by atoms with Gasteiger partial charge in [-0.1, -0.05) is 0 Å². The molecule has 0 rings (SSSR count). The molecule has 0 aliphatic rings. The van der Waals surface area contributed by atoms with Crippen LogP contribution in [0.3, 0.4) is 0 Å². The highest BCUT2D eigenvalue weighted by molar-refractivity contribution is 5.81. The minimum atomic E-state index is -0.162. The van der Waals surface area contributed by atoms with Crippen LogP contribution in [-0.4, -0.2) is 30.6 Å². The van der Waals surface area contributed by atoms with E-state index < -0.39 is 0 Å². The summed E-state index contributed by atoms with van der Waals surface area (Å²) < 4.78 is 0. The van der Waals surface area contributed by atoms with Crippen LogP contribution in [0.1, 0.15) is 6.42 Å². The highest BCUT2D eigenvalue weighted by Gasteiger charge is 1.84. The number of aliphatic hydroxyl groups is 1. The fourth-order valence-electron chi connectivity index (χ4n) is 0.364. The second kappa shape index (κ2) is 11.9. The molecule has 0 atom stereocenters. The quantitative estimate of drug-likeness (QED) is 0.223. The van der Waals surface area contributed by atoms with Crippen molar-refractivity contribution in [1.29, 1.82) is 0 Å². The Bertz CT molecular complexity index is 104. The molecule has 0 aromatic carbocycles. The van der Waals surface area contributed by atoms with Crippen LogP contribution >= 0.6 is 0 Å². The smallest absolute Gasteiger partial charge is 0.120 e. The summed E-state index contributed by atoms with van der Waals surface area (Å²) in [7, 11) is 0. The summed E-state index contributed by atoms with van der Waals surface area (Å²) in [5.41, 5.74) is 10.4. The lowest BCUT2D eigenvalue weighted by Crippen LogP contribution is -2.17. The summed E-state index contributed by atoms with van der Waals surface area (Å²) in [6.07, 6.45) is 0.820. The molecule has 0 saturated heterocycles. The molecule has 0 aromatic rings. The Kier molecular flexibility index (Phi) is 13.8. The average molecular weight is 159 g/mol. The maximum absolute atomic E-state index is 8.35. The van der Waals surface area contributed by atoms with Crippen LogP contribution < -0.4 is 11.5 Å². The van der Waals surface area contributed by atoms with Gasteiger partial charge in [0.15, 0.2) is 0 Å². The third kappa shape index (κ3) is 12.4. The minimum absolute atomic E-state index is 0.162. The molecule has 0 aliphatic carbocycles. The Morgan fingerprint density at radius 3 is 2.36 bits per heavy atom. The first-order valence-electron chi connectivity index (χ1n) is 3.41. The van der Waals surface area contributed by atoms with Gasteiger partial charge in [-0.05, 0) is 13.0 Å². The number of nitrogens with zero attached hydrogens (tertiary/aromatic N) is 1. The summed E-state index contributed by atoms with van der Waals surface area (Å²) in [5, 5.41) is 8.35. The number of amidine groups is 1. The second-order valence-electron chi connectivity index (χ2n) is 1.67. The second-order valence-corrected chi connectivity index (χ2v) is 1.67. The van der Waals surface area contributed by atoms with Crippen molar-refractivity contribution in [3.63, 3.8) is 0 Å². The third-order valence-electron chi connectivity index (χ3n) is 0.839. The first-order chi connectivity index (χ1) is 5.31. The molecule has 0 fully saturated rings. The van der Waals surface area contributed by atoms with Gasteiger partial charge in [-0.25, -0.2) is 0 Å². The molecule has 0 heterocycles.